The normalized spacial score (nSPS) is 15.9. The Balaban J connectivity index is 1.92. The minimum atomic E-state index is -4.33. The molecule has 4 nitrogen and oxygen atoms in total. The minimum Gasteiger partial charge on any atom is -0.454 e. The second-order valence-corrected chi connectivity index (χ2v) is 5.85. The molecule has 22 heavy (non-hydrogen) atoms. The van der Waals surface area contributed by atoms with E-state index in [2.05, 4.69) is 5.32 Å². The summed E-state index contributed by atoms with van der Waals surface area (Å²) in [7, 11) is 0. The van der Waals surface area contributed by atoms with Crippen LogP contribution < -0.4 is 14.8 Å². The number of ether oxygens (including phenoxy) is 3. The molecule has 0 aliphatic carbocycles. The van der Waals surface area contributed by atoms with Gasteiger partial charge >= 0.3 is 6.18 Å². The van der Waals surface area contributed by atoms with Crippen molar-refractivity contribution < 1.29 is 27.4 Å². The number of halogens is 3. The first kappa shape index (κ1) is 16.9. The summed E-state index contributed by atoms with van der Waals surface area (Å²) in [6.07, 6.45) is -4.33. The minimum absolute atomic E-state index is 0.106. The summed E-state index contributed by atoms with van der Waals surface area (Å²) < 4.78 is 52.3. The van der Waals surface area contributed by atoms with E-state index in [9.17, 15) is 13.2 Å². The average molecular weight is 319 g/mol. The van der Waals surface area contributed by atoms with Crippen molar-refractivity contribution in [3.05, 3.63) is 23.8 Å². The number of hydrogen-bond donors (Lipinski definition) is 1. The average Bonchev–Trinajstić information content (AvgIpc) is 2.90. The first-order valence-electron chi connectivity index (χ1n) is 7.00. The summed E-state index contributed by atoms with van der Waals surface area (Å²) >= 11 is 0. The molecule has 1 aromatic rings. The van der Waals surface area contributed by atoms with Gasteiger partial charge in [0.25, 0.3) is 0 Å². The molecule has 1 aromatic carbocycles. The van der Waals surface area contributed by atoms with Gasteiger partial charge in [0.05, 0.1) is 5.60 Å². The lowest BCUT2D eigenvalue weighted by molar-refractivity contribution is -0.199. The van der Waals surface area contributed by atoms with Crippen LogP contribution >= 0.6 is 0 Å². The Bertz CT molecular complexity index is 517. The van der Waals surface area contributed by atoms with Crippen molar-refractivity contribution in [1.29, 1.82) is 0 Å². The molecule has 1 heterocycles. The van der Waals surface area contributed by atoms with Gasteiger partial charge in [-0.3, -0.25) is 0 Å². The first-order valence-corrected chi connectivity index (χ1v) is 7.00. The molecule has 0 amide bonds. The molecule has 1 N–H and O–H groups in total. The van der Waals surface area contributed by atoms with Crippen LogP contribution in [0.4, 0.5) is 13.2 Å². The highest BCUT2D eigenvalue weighted by molar-refractivity contribution is 5.49. The monoisotopic (exact) mass is 319 g/mol. The maximum Gasteiger partial charge on any atom is 0.411 e. The lowest BCUT2D eigenvalue weighted by Gasteiger charge is -2.28. The van der Waals surface area contributed by atoms with E-state index >= 15 is 0 Å². The van der Waals surface area contributed by atoms with Crippen LogP contribution in [-0.2, 0) is 4.74 Å². The Hall–Kier alpha value is -1.47. The second-order valence-electron chi connectivity index (χ2n) is 5.85. The molecule has 1 aliphatic rings. The van der Waals surface area contributed by atoms with Crippen LogP contribution in [0.15, 0.2) is 18.2 Å². The van der Waals surface area contributed by atoms with E-state index in [-0.39, 0.29) is 19.4 Å². The molecule has 0 radical (unpaired) electrons. The Morgan fingerprint density at radius 3 is 2.68 bits per heavy atom. The number of alkyl halides is 3. The van der Waals surface area contributed by atoms with Gasteiger partial charge in [0.1, 0.15) is 6.61 Å². The van der Waals surface area contributed by atoms with E-state index in [1.165, 1.54) is 0 Å². The number of rotatable bonds is 6. The largest absolute Gasteiger partial charge is 0.454 e. The summed E-state index contributed by atoms with van der Waals surface area (Å²) in [5.74, 6) is 1.36. The molecule has 0 fully saturated rings. The van der Waals surface area contributed by atoms with Gasteiger partial charge in [-0.1, -0.05) is 12.1 Å². The quantitative estimate of drug-likeness (QED) is 0.872. The van der Waals surface area contributed by atoms with Crippen LogP contribution in [0.25, 0.3) is 0 Å². The van der Waals surface area contributed by atoms with Crippen LogP contribution in [0.1, 0.15) is 32.4 Å². The lowest BCUT2D eigenvalue weighted by Crippen LogP contribution is -2.41. The Kier molecular flexibility index (Phi) is 4.87. The van der Waals surface area contributed by atoms with Crippen molar-refractivity contribution in [1.82, 2.24) is 5.32 Å². The van der Waals surface area contributed by atoms with Gasteiger partial charge in [-0.25, -0.2) is 0 Å². The highest BCUT2D eigenvalue weighted by Gasteiger charge is 2.32. The predicted molar refractivity (Wildman–Crippen MR) is 75.1 cm³/mol. The SMILES string of the molecule is CC(NCC(C)(C)OCC(F)(F)F)c1cccc2c1OCO2. The van der Waals surface area contributed by atoms with Crippen LogP contribution in [0.3, 0.4) is 0 Å². The van der Waals surface area contributed by atoms with Gasteiger partial charge in [-0.15, -0.1) is 0 Å². The van der Waals surface area contributed by atoms with Crippen LogP contribution in [0.5, 0.6) is 11.5 Å². The molecule has 0 saturated heterocycles. The van der Waals surface area contributed by atoms with Gasteiger partial charge < -0.3 is 19.5 Å². The lowest BCUT2D eigenvalue weighted by atomic mass is 10.0. The second kappa shape index (κ2) is 6.34. The fraction of sp³-hybridized carbons (Fsp3) is 0.600. The Morgan fingerprint density at radius 1 is 1.27 bits per heavy atom. The number of benzene rings is 1. The zero-order chi connectivity index (χ0) is 16.4. The smallest absolute Gasteiger partial charge is 0.411 e. The third kappa shape index (κ3) is 4.51. The first-order chi connectivity index (χ1) is 10.2. The van der Waals surface area contributed by atoms with Crippen LogP contribution in [-0.4, -0.2) is 31.7 Å². The van der Waals surface area contributed by atoms with Gasteiger partial charge in [-0.05, 0) is 26.8 Å². The van der Waals surface area contributed by atoms with Gasteiger partial charge in [0.2, 0.25) is 6.79 Å². The number of fused-ring (bicyclic) bond motifs is 1. The molecular formula is C15H20F3NO3. The van der Waals surface area contributed by atoms with Gasteiger partial charge in [-0.2, -0.15) is 13.2 Å². The van der Waals surface area contributed by atoms with E-state index in [1.54, 1.807) is 13.8 Å². The zero-order valence-corrected chi connectivity index (χ0v) is 12.8. The summed E-state index contributed by atoms with van der Waals surface area (Å²) in [5, 5.41) is 3.18. The number of hydrogen-bond acceptors (Lipinski definition) is 4. The molecule has 0 aromatic heterocycles. The van der Waals surface area contributed by atoms with Crippen molar-refractivity contribution in [2.75, 3.05) is 19.9 Å². The molecule has 1 aliphatic heterocycles. The molecule has 7 heteroatoms. The molecule has 1 unspecified atom stereocenters. The molecule has 0 bridgehead atoms. The Morgan fingerprint density at radius 2 is 2.00 bits per heavy atom. The summed E-state index contributed by atoms with van der Waals surface area (Å²) in [6.45, 7) is 4.35. The highest BCUT2D eigenvalue weighted by atomic mass is 19.4. The fourth-order valence-corrected chi connectivity index (χ4v) is 2.13. The van der Waals surface area contributed by atoms with E-state index in [0.717, 1.165) is 5.56 Å². The van der Waals surface area contributed by atoms with Crippen LogP contribution in [0, 0.1) is 0 Å². The molecule has 1 atom stereocenters. The van der Waals surface area contributed by atoms with E-state index in [0.29, 0.717) is 11.5 Å². The van der Waals surface area contributed by atoms with Crippen molar-refractivity contribution in [2.45, 2.75) is 38.6 Å². The van der Waals surface area contributed by atoms with E-state index in [1.807, 2.05) is 25.1 Å². The third-order valence-electron chi connectivity index (χ3n) is 3.35. The van der Waals surface area contributed by atoms with Crippen molar-refractivity contribution >= 4 is 0 Å². The molecule has 2 rings (SSSR count). The highest BCUT2D eigenvalue weighted by Crippen LogP contribution is 2.38. The van der Waals surface area contributed by atoms with Gasteiger partial charge in [0.15, 0.2) is 11.5 Å². The van der Waals surface area contributed by atoms with E-state index in [4.69, 9.17) is 14.2 Å². The number of nitrogens with one attached hydrogen (secondary N) is 1. The van der Waals surface area contributed by atoms with Crippen molar-refractivity contribution in [3.8, 4) is 11.5 Å². The summed E-state index contributed by atoms with van der Waals surface area (Å²) in [5.41, 5.74) is -0.0272. The standard InChI is InChI=1S/C15H20F3NO3/c1-10(11-5-4-6-12-13(11)21-9-20-12)19-7-14(2,3)22-8-15(16,17)18/h4-6,10,19H,7-9H2,1-3H3. The van der Waals surface area contributed by atoms with Gasteiger partial charge in [0, 0.05) is 18.2 Å². The molecule has 0 saturated carbocycles. The fourth-order valence-electron chi connectivity index (χ4n) is 2.13. The number of para-hydroxylation sites is 1. The predicted octanol–water partition coefficient (Wildman–Crippen LogP) is 3.42. The molecule has 124 valence electrons. The van der Waals surface area contributed by atoms with Crippen molar-refractivity contribution in [2.24, 2.45) is 0 Å². The summed E-state index contributed by atoms with van der Waals surface area (Å²) in [6, 6.07) is 5.46. The maximum absolute atomic E-state index is 12.2. The zero-order valence-electron chi connectivity index (χ0n) is 12.8. The van der Waals surface area contributed by atoms with Crippen LogP contribution in [0.2, 0.25) is 0 Å². The Labute approximate surface area is 127 Å². The topological polar surface area (TPSA) is 39.7 Å². The summed E-state index contributed by atoms with van der Waals surface area (Å²) in [4.78, 5) is 0. The molecular weight excluding hydrogens is 299 g/mol. The van der Waals surface area contributed by atoms with Crippen molar-refractivity contribution in [3.63, 3.8) is 0 Å². The maximum atomic E-state index is 12.2. The third-order valence-corrected chi connectivity index (χ3v) is 3.35. The molecule has 0 spiro atoms. The van der Waals surface area contributed by atoms with E-state index < -0.39 is 18.4 Å².